The molecule has 2 rings (SSSR count). The molecule has 5 heteroatoms. The number of hydrogen-bond acceptors (Lipinski definition) is 5. The highest BCUT2D eigenvalue weighted by Crippen LogP contribution is 2.16. The fraction of sp³-hybridized carbons (Fsp3) is 0.333. The Hall–Kier alpha value is -1.88. The summed E-state index contributed by atoms with van der Waals surface area (Å²) < 4.78 is 9.79. The lowest BCUT2D eigenvalue weighted by atomic mass is 10.2. The van der Waals surface area contributed by atoms with Crippen LogP contribution in [0.25, 0.3) is 0 Å². The Morgan fingerprint density at radius 3 is 2.82 bits per heavy atom. The lowest BCUT2D eigenvalue weighted by Gasteiger charge is -2.10. The van der Waals surface area contributed by atoms with Crippen LogP contribution in [-0.2, 0) is 17.9 Å². The fourth-order valence-corrected chi connectivity index (χ4v) is 1.56. The van der Waals surface area contributed by atoms with Crippen LogP contribution in [0.2, 0.25) is 0 Å². The Labute approximate surface area is 99.7 Å². The van der Waals surface area contributed by atoms with E-state index < -0.39 is 0 Å². The maximum Gasteiger partial charge on any atom is 0.127 e. The van der Waals surface area contributed by atoms with Gasteiger partial charge in [-0.2, -0.15) is 0 Å². The van der Waals surface area contributed by atoms with Crippen molar-refractivity contribution in [3.8, 4) is 0 Å². The number of nitrogens with zero attached hydrogens (tertiary/aromatic N) is 2. The van der Waals surface area contributed by atoms with Crippen molar-refractivity contribution in [2.45, 2.75) is 20.1 Å². The van der Waals surface area contributed by atoms with Crippen molar-refractivity contribution < 1.29 is 9.37 Å². The molecule has 90 valence electrons. The molecule has 0 amide bonds. The molecule has 0 bridgehead atoms. The second-order valence-electron chi connectivity index (χ2n) is 3.74. The normalized spacial score (nSPS) is 10.5. The summed E-state index contributed by atoms with van der Waals surface area (Å²) in [5.41, 5.74) is 3.78. The molecule has 1 heterocycles. The van der Waals surface area contributed by atoms with Crippen LogP contribution < -0.4 is 5.32 Å². The summed E-state index contributed by atoms with van der Waals surface area (Å²) in [5, 5.41) is 10.9. The second-order valence-corrected chi connectivity index (χ2v) is 3.74. The van der Waals surface area contributed by atoms with E-state index in [4.69, 9.17) is 4.74 Å². The molecule has 0 unspecified atom stereocenters. The minimum Gasteiger partial charge on any atom is -0.380 e. The zero-order valence-corrected chi connectivity index (χ0v) is 9.93. The number of benzene rings is 1. The lowest BCUT2D eigenvalue weighted by molar-refractivity contribution is 0.185. The van der Waals surface area contributed by atoms with E-state index in [1.807, 2.05) is 31.2 Å². The van der Waals surface area contributed by atoms with Gasteiger partial charge in [-0.15, -0.1) is 0 Å². The quantitative estimate of drug-likeness (QED) is 0.857. The third-order valence-corrected chi connectivity index (χ3v) is 2.51. The number of aryl methyl sites for hydroxylation is 1. The molecule has 0 saturated carbocycles. The fourth-order valence-electron chi connectivity index (χ4n) is 1.56. The van der Waals surface area contributed by atoms with Crippen molar-refractivity contribution in [2.24, 2.45) is 0 Å². The summed E-state index contributed by atoms with van der Waals surface area (Å²) in [6, 6.07) is 8.01. The Kier molecular flexibility index (Phi) is 3.72. The predicted molar refractivity (Wildman–Crippen MR) is 63.5 cm³/mol. The molecular formula is C12H15N3O2. The van der Waals surface area contributed by atoms with Gasteiger partial charge in [0.05, 0.1) is 13.2 Å². The summed E-state index contributed by atoms with van der Waals surface area (Å²) >= 11 is 0. The Morgan fingerprint density at radius 1 is 1.29 bits per heavy atom. The molecule has 0 aliphatic carbocycles. The first-order chi connectivity index (χ1) is 8.31. The predicted octanol–water partition coefficient (Wildman–Crippen LogP) is 2.14. The van der Waals surface area contributed by atoms with Crippen LogP contribution in [0.5, 0.6) is 0 Å². The van der Waals surface area contributed by atoms with E-state index in [1.54, 1.807) is 7.11 Å². The minimum absolute atomic E-state index is 0.583. The third kappa shape index (κ3) is 2.82. The van der Waals surface area contributed by atoms with Gasteiger partial charge < -0.3 is 10.1 Å². The standard InChI is InChI=1S/C12H15N3O2/c1-9-12(15-17-14-9)7-13-11-6-4-3-5-10(11)8-16-2/h3-6,13H,7-8H2,1-2H3. The number of ether oxygens (including phenoxy) is 1. The highest BCUT2D eigenvalue weighted by Gasteiger charge is 2.06. The number of methoxy groups -OCH3 is 1. The van der Waals surface area contributed by atoms with E-state index in [-0.39, 0.29) is 0 Å². The molecule has 0 fully saturated rings. The van der Waals surface area contributed by atoms with E-state index in [0.29, 0.717) is 13.2 Å². The largest absolute Gasteiger partial charge is 0.380 e. The number of anilines is 1. The molecule has 2 aromatic rings. The van der Waals surface area contributed by atoms with Gasteiger partial charge in [-0.1, -0.05) is 28.5 Å². The molecule has 0 aliphatic heterocycles. The van der Waals surface area contributed by atoms with Gasteiger partial charge in [-0.05, 0) is 13.0 Å². The van der Waals surface area contributed by atoms with Crippen molar-refractivity contribution in [1.82, 2.24) is 10.3 Å². The zero-order valence-electron chi connectivity index (χ0n) is 9.93. The Morgan fingerprint density at radius 2 is 2.12 bits per heavy atom. The molecular weight excluding hydrogens is 218 g/mol. The van der Waals surface area contributed by atoms with Crippen LogP contribution in [0.15, 0.2) is 28.9 Å². The van der Waals surface area contributed by atoms with Crippen molar-refractivity contribution in [3.63, 3.8) is 0 Å². The highest BCUT2D eigenvalue weighted by molar-refractivity contribution is 5.50. The number of nitrogens with one attached hydrogen (secondary N) is 1. The van der Waals surface area contributed by atoms with Crippen molar-refractivity contribution in [1.29, 1.82) is 0 Å². The number of hydrogen-bond donors (Lipinski definition) is 1. The number of aromatic nitrogens is 2. The second kappa shape index (κ2) is 5.45. The van der Waals surface area contributed by atoms with Gasteiger partial charge in [0.25, 0.3) is 0 Å². The van der Waals surface area contributed by atoms with Crippen molar-refractivity contribution in [2.75, 3.05) is 12.4 Å². The van der Waals surface area contributed by atoms with Crippen molar-refractivity contribution in [3.05, 3.63) is 41.2 Å². The topological polar surface area (TPSA) is 60.2 Å². The highest BCUT2D eigenvalue weighted by atomic mass is 16.6. The summed E-state index contributed by atoms with van der Waals surface area (Å²) in [7, 11) is 1.68. The molecule has 1 aromatic heterocycles. The van der Waals surface area contributed by atoms with Gasteiger partial charge in [-0.3, -0.25) is 0 Å². The van der Waals surface area contributed by atoms with Gasteiger partial charge in [0.2, 0.25) is 0 Å². The van der Waals surface area contributed by atoms with E-state index in [2.05, 4.69) is 20.3 Å². The van der Waals surface area contributed by atoms with Crippen LogP contribution in [0, 0.1) is 6.92 Å². The molecule has 1 N–H and O–H groups in total. The number of para-hydroxylation sites is 1. The molecule has 0 spiro atoms. The first kappa shape index (κ1) is 11.6. The molecule has 0 atom stereocenters. The SMILES string of the molecule is COCc1ccccc1NCc1nonc1C. The van der Waals surface area contributed by atoms with Gasteiger partial charge in [0, 0.05) is 18.4 Å². The van der Waals surface area contributed by atoms with Gasteiger partial charge in [0.15, 0.2) is 0 Å². The molecule has 0 aliphatic rings. The summed E-state index contributed by atoms with van der Waals surface area (Å²) in [6.45, 7) is 3.05. The van der Waals surface area contributed by atoms with E-state index in [0.717, 1.165) is 22.6 Å². The van der Waals surface area contributed by atoms with Gasteiger partial charge >= 0.3 is 0 Å². The molecule has 5 nitrogen and oxygen atoms in total. The van der Waals surface area contributed by atoms with Crippen LogP contribution >= 0.6 is 0 Å². The van der Waals surface area contributed by atoms with E-state index in [1.165, 1.54) is 0 Å². The van der Waals surface area contributed by atoms with E-state index >= 15 is 0 Å². The molecule has 0 saturated heterocycles. The molecule has 1 aromatic carbocycles. The van der Waals surface area contributed by atoms with Gasteiger partial charge in [-0.25, -0.2) is 4.63 Å². The average Bonchev–Trinajstić information content (AvgIpc) is 2.74. The van der Waals surface area contributed by atoms with Crippen LogP contribution in [-0.4, -0.2) is 17.4 Å². The van der Waals surface area contributed by atoms with E-state index in [9.17, 15) is 0 Å². The maximum atomic E-state index is 5.14. The Bertz CT molecular complexity index is 482. The van der Waals surface area contributed by atoms with Gasteiger partial charge in [0.1, 0.15) is 11.4 Å². The van der Waals surface area contributed by atoms with Crippen LogP contribution in [0.1, 0.15) is 17.0 Å². The maximum absolute atomic E-state index is 5.14. The first-order valence-corrected chi connectivity index (χ1v) is 5.40. The van der Waals surface area contributed by atoms with Crippen LogP contribution in [0.4, 0.5) is 5.69 Å². The third-order valence-electron chi connectivity index (χ3n) is 2.51. The zero-order chi connectivity index (χ0) is 12.1. The molecule has 17 heavy (non-hydrogen) atoms. The van der Waals surface area contributed by atoms with Crippen LogP contribution in [0.3, 0.4) is 0 Å². The smallest absolute Gasteiger partial charge is 0.127 e. The Balaban J connectivity index is 2.06. The van der Waals surface area contributed by atoms with Crippen molar-refractivity contribution >= 4 is 5.69 Å². The monoisotopic (exact) mass is 233 g/mol. The minimum atomic E-state index is 0.583. The first-order valence-electron chi connectivity index (χ1n) is 5.40. The summed E-state index contributed by atoms with van der Waals surface area (Å²) in [4.78, 5) is 0. The number of rotatable bonds is 5. The summed E-state index contributed by atoms with van der Waals surface area (Å²) in [6.07, 6.45) is 0. The summed E-state index contributed by atoms with van der Waals surface area (Å²) in [5.74, 6) is 0. The molecule has 0 radical (unpaired) electrons. The average molecular weight is 233 g/mol. The lowest BCUT2D eigenvalue weighted by Crippen LogP contribution is -2.04.